The fourth-order valence-electron chi connectivity index (χ4n) is 1.72. The van der Waals surface area contributed by atoms with E-state index in [-0.39, 0.29) is 0 Å². The number of nitrogens with one attached hydrogen (secondary N) is 1. The Bertz CT molecular complexity index is 586. The van der Waals surface area contributed by atoms with Crippen molar-refractivity contribution in [3.63, 3.8) is 0 Å². The average molecular weight is 273 g/mol. The second-order valence-corrected chi connectivity index (χ2v) is 4.40. The van der Waals surface area contributed by atoms with Crippen LogP contribution in [0.2, 0.25) is 0 Å². The predicted octanol–water partition coefficient (Wildman–Crippen LogP) is 2.34. The number of anilines is 1. The molecule has 0 saturated carbocycles. The van der Waals surface area contributed by atoms with Crippen molar-refractivity contribution < 1.29 is 4.74 Å². The SMILES string of the molecule is COc1ccccc1CNc1ccnc(C(N)=S)c1. The maximum Gasteiger partial charge on any atom is 0.123 e. The van der Waals surface area contributed by atoms with Gasteiger partial charge in [-0.25, -0.2) is 0 Å². The van der Waals surface area contributed by atoms with Crippen molar-refractivity contribution in [2.75, 3.05) is 12.4 Å². The van der Waals surface area contributed by atoms with Gasteiger partial charge in [0.25, 0.3) is 0 Å². The Morgan fingerprint density at radius 2 is 2.16 bits per heavy atom. The lowest BCUT2D eigenvalue weighted by atomic mass is 10.2. The number of benzene rings is 1. The summed E-state index contributed by atoms with van der Waals surface area (Å²) in [6.07, 6.45) is 1.68. The normalized spacial score (nSPS) is 9.95. The largest absolute Gasteiger partial charge is 0.496 e. The van der Waals surface area contributed by atoms with Crippen LogP contribution in [0.1, 0.15) is 11.3 Å². The van der Waals surface area contributed by atoms with E-state index in [1.807, 2.05) is 36.4 Å². The van der Waals surface area contributed by atoms with Crippen LogP contribution in [-0.2, 0) is 6.54 Å². The summed E-state index contributed by atoms with van der Waals surface area (Å²) < 4.78 is 5.30. The molecule has 0 amide bonds. The van der Waals surface area contributed by atoms with E-state index in [4.69, 9.17) is 22.7 Å². The lowest BCUT2D eigenvalue weighted by molar-refractivity contribution is 0.410. The molecule has 2 rings (SSSR count). The van der Waals surface area contributed by atoms with E-state index in [1.165, 1.54) is 0 Å². The van der Waals surface area contributed by atoms with Crippen molar-refractivity contribution in [1.29, 1.82) is 0 Å². The van der Waals surface area contributed by atoms with Crippen molar-refractivity contribution in [1.82, 2.24) is 4.98 Å². The maximum atomic E-state index is 5.56. The van der Waals surface area contributed by atoms with E-state index in [1.54, 1.807) is 13.3 Å². The molecule has 0 unspecified atom stereocenters. The molecule has 4 nitrogen and oxygen atoms in total. The molecule has 0 aliphatic rings. The van der Waals surface area contributed by atoms with E-state index < -0.39 is 0 Å². The number of nitrogens with zero attached hydrogens (tertiary/aromatic N) is 1. The Balaban J connectivity index is 2.10. The number of ether oxygens (including phenoxy) is 1. The van der Waals surface area contributed by atoms with Gasteiger partial charge in [-0.1, -0.05) is 30.4 Å². The second kappa shape index (κ2) is 6.15. The Hall–Kier alpha value is -2.14. The molecule has 1 aromatic heterocycles. The molecule has 0 spiro atoms. The van der Waals surface area contributed by atoms with Crippen molar-refractivity contribution in [2.24, 2.45) is 5.73 Å². The molecule has 0 saturated heterocycles. The highest BCUT2D eigenvalue weighted by Gasteiger charge is 2.03. The van der Waals surface area contributed by atoms with Crippen LogP contribution in [0.4, 0.5) is 5.69 Å². The van der Waals surface area contributed by atoms with Gasteiger partial charge in [0.1, 0.15) is 10.7 Å². The van der Waals surface area contributed by atoms with Gasteiger partial charge in [0.05, 0.1) is 12.8 Å². The Kier molecular flexibility index (Phi) is 4.30. The second-order valence-electron chi connectivity index (χ2n) is 3.96. The van der Waals surface area contributed by atoms with Crippen molar-refractivity contribution >= 4 is 22.9 Å². The fraction of sp³-hybridized carbons (Fsp3) is 0.143. The third kappa shape index (κ3) is 3.42. The topological polar surface area (TPSA) is 60.2 Å². The van der Waals surface area contributed by atoms with Gasteiger partial charge >= 0.3 is 0 Å². The van der Waals surface area contributed by atoms with Crippen LogP contribution < -0.4 is 15.8 Å². The van der Waals surface area contributed by atoms with Gasteiger partial charge in [0.2, 0.25) is 0 Å². The molecule has 1 aromatic carbocycles. The summed E-state index contributed by atoms with van der Waals surface area (Å²) >= 11 is 4.91. The van der Waals surface area contributed by atoms with Crippen molar-refractivity contribution in [3.05, 3.63) is 53.9 Å². The first-order valence-corrected chi connectivity index (χ1v) is 6.23. The molecular weight excluding hydrogens is 258 g/mol. The highest BCUT2D eigenvalue weighted by Crippen LogP contribution is 2.19. The fourth-order valence-corrected chi connectivity index (χ4v) is 1.83. The van der Waals surface area contributed by atoms with Gasteiger partial charge in [-0.3, -0.25) is 4.98 Å². The number of hydrogen-bond acceptors (Lipinski definition) is 4. The van der Waals surface area contributed by atoms with E-state index in [0.29, 0.717) is 17.2 Å². The van der Waals surface area contributed by atoms with E-state index >= 15 is 0 Å². The number of thiocarbonyl (C=S) groups is 1. The lowest BCUT2D eigenvalue weighted by Crippen LogP contribution is -2.12. The minimum absolute atomic E-state index is 0.293. The number of pyridine rings is 1. The minimum atomic E-state index is 0.293. The summed E-state index contributed by atoms with van der Waals surface area (Å²) in [5.74, 6) is 0.860. The first-order chi connectivity index (χ1) is 9.20. The number of nitrogens with two attached hydrogens (primary N) is 1. The van der Waals surface area contributed by atoms with E-state index in [2.05, 4.69) is 10.3 Å². The summed E-state index contributed by atoms with van der Waals surface area (Å²) in [6.45, 7) is 0.658. The zero-order valence-corrected chi connectivity index (χ0v) is 11.4. The molecule has 3 N–H and O–H groups in total. The highest BCUT2D eigenvalue weighted by molar-refractivity contribution is 7.80. The van der Waals surface area contributed by atoms with Crippen LogP contribution in [0, 0.1) is 0 Å². The first-order valence-electron chi connectivity index (χ1n) is 5.82. The molecule has 19 heavy (non-hydrogen) atoms. The van der Waals surface area contributed by atoms with Gasteiger partial charge in [-0.05, 0) is 18.2 Å². The number of para-hydroxylation sites is 1. The van der Waals surface area contributed by atoms with Crippen LogP contribution >= 0.6 is 12.2 Å². The first kappa shape index (κ1) is 13.3. The van der Waals surface area contributed by atoms with Crippen LogP contribution in [0.25, 0.3) is 0 Å². The van der Waals surface area contributed by atoms with Crippen LogP contribution in [0.15, 0.2) is 42.6 Å². The zero-order chi connectivity index (χ0) is 13.7. The number of methoxy groups -OCH3 is 1. The van der Waals surface area contributed by atoms with Crippen LogP contribution in [0.5, 0.6) is 5.75 Å². The number of aromatic nitrogens is 1. The van der Waals surface area contributed by atoms with Crippen LogP contribution in [-0.4, -0.2) is 17.1 Å². The number of rotatable bonds is 5. The van der Waals surface area contributed by atoms with Crippen molar-refractivity contribution in [2.45, 2.75) is 6.54 Å². The molecule has 0 aliphatic carbocycles. The predicted molar refractivity (Wildman–Crippen MR) is 80.4 cm³/mol. The molecule has 5 heteroatoms. The summed E-state index contributed by atoms with van der Waals surface area (Å²) in [7, 11) is 1.66. The third-order valence-electron chi connectivity index (χ3n) is 2.69. The van der Waals surface area contributed by atoms with Gasteiger partial charge in [0.15, 0.2) is 0 Å². The number of hydrogen-bond donors (Lipinski definition) is 2. The molecule has 1 heterocycles. The van der Waals surface area contributed by atoms with Gasteiger partial charge in [0, 0.05) is 24.0 Å². The van der Waals surface area contributed by atoms with Gasteiger partial charge < -0.3 is 15.8 Å². The standard InChI is InChI=1S/C14H15N3OS/c1-18-13-5-3-2-4-10(13)9-17-11-6-7-16-12(8-11)14(15)19/h2-8H,9H2,1H3,(H2,15,19)(H,16,17). The van der Waals surface area contributed by atoms with Gasteiger partial charge in [-0.15, -0.1) is 0 Å². The molecule has 0 fully saturated rings. The summed E-state index contributed by atoms with van der Waals surface area (Å²) in [5.41, 5.74) is 8.17. The van der Waals surface area contributed by atoms with Gasteiger partial charge in [-0.2, -0.15) is 0 Å². The zero-order valence-electron chi connectivity index (χ0n) is 10.6. The molecule has 2 aromatic rings. The Labute approximate surface area is 117 Å². The summed E-state index contributed by atoms with van der Waals surface area (Å²) in [6, 6.07) is 11.6. The average Bonchev–Trinajstić information content (AvgIpc) is 2.45. The monoisotopic (exact) mass is 273 g/mol. The molecule has 0 bridgehead atoms. The third-order valence-corrected chi connectivity index (χ3v) is 2.90. The molecular formula is C14H15N3OS. The maximum absolute atomic E-state index is 5.56. The molecule has 98 valence electrons. The minimum Gasteiger partial charge on any atom is -0.496 e. The summed E-state index contributed by atoms with van der Waals surface area (Å²) in [5, 5.41) is 3.30. The van der Waals surface area contributed by atoms with Crippen molar-refractivity contribution in [3.8, 4) is 5.75 Å². The Morgan fingerprint density at radius 1 is 1.37 bits per heavy atom. The smallest absolute Gasteiger partial charge is 0.123 e. The van der Waals surface area contributed by atoms with E-state index in [9.17, 15) is 0 Å². The quantitative estimate of drug-likeness (QED) is 0.819. The molecule has 0 aliphatic heterocycles. The molecule has 0 radical (unpaired) electrons. The van der Waals surface area contributed by atoms with E-state index in [0.717, 1.165) is 17.0 Å². The molecule has 0 atom stereocenters. The van der Waals surface area contributed by atoms with Crippen LogP contribution in [0.3, 0.4) is 0 Å². The summed E-state index contributed by atoms with van der Waals surface area (Å²) in [4.78, 5) is 4.39. The Morgan fingerprint density at radius 3 is 2.89 bits per heavy atom. The lowest BCUT2D eigenvalue weighted by Gasteiger charge is -2.10. The highest BCUT2D eigenvalue weighted by atomic mass is 32.1.